The average molecular weight is 837 g/mol. The minimum absolute atomic E-state index is 1.15. The Balaban J connectivity index is 0.951. The Hall–Kier alpha value is -8.72. The summed E-state index contributed by atoms with van der Waals surface area (Å²) in [4.78, 5) is 0. The molecule has 0 saturated heterocycles. The van der Waals surface area contributed by atoms with Gasteiger partial charge in [-0.3, -0.25) is 0 Å². The Kier molecular flexibility index (Phi) is 8.02. The largest absolute Gasteiger partial charge is 0.309 e. The summed E-state index contributed by atoms with van der Waals surface area (Å²) in [5, 5.41) is 7.66. The second-order valence-electron chi connectivity index (χ2n) is 17.7. The molecule has 2 aromatic heterocycles. The Morgan fingerprint density at radius 2 is 0.636 bits per heavy atom. The molecule has 0 N–H and O–H groups in total. The SMILES string of the molecule is c1ccc(-c2cccc(-c3cccc(-n4c5ccccc5c5cc(-c6ccc7c(c6)c6c8cccc9c8c(cc6n7-c6cccc(-c7ccccc7)c6)-c6ccccc6-9)ccc54)c3)c2)cc1. The Morgan fingerprint density at radius 1 is 0.197 bits per heavy atom. The number of hydrogen-bond acceptors (Lipinski definition) is 0. The standard InChI is InChI=1S/C64H40N2/c1-3-15-41(16-4-1)43-19-11-20-44(35-43)46-22-13-23-49(37-46)65-59-30-10-9-27-53(59)56-38-47(31-33-60(56)65)48-32-34-61-58(39-48)64-55-29-14-28-54-51-25-7-8-26-52(51)57(63(54)55)40-62(64)66(61)50-24-12-21-45(36-50)42-17-5-2-6-18-42/h1-40H. The van der Waals surface area contributed by atoms with Crippen molar-refractivity contribution in [3.63, 3.8) is 0 Å². The maximum atomic E-state index is 2.49. The van der Waals surface area contributed by atoms with Gasteiger partial charge in [-0.1, -0.05) is 176 Å². The third-order valence-corrected chi connectivity index (χ3v) is 14.0. The van der Waals surface area contributed by atoms with Gasteiger partial charge in [-0.05, 0) is 144 Å². The third-order valence-electron chi connectivity index (χ3n) is 14.0. The highest BCUT2D eigenvalue weighted by molar-refractivity contribution is 6.29. The zero-order valence-electron chi connectivity index (χ0n) is 36.0. The molecule has 2 heterocycles. The van der Waals surface area contributed by atoms with E-state index in [0.717, 1.165) is 11.4 Å². The van der Waals surface area contributed by atoms with Gasteiger partial charge in [0.1, 0.15) is 0 Å². The van der Waals surface area contributed by atoms with E-state index in [4.69, 9.17) is 0 Å². The number of aromatic nitrogens is 2. The van der Waals surface area contributed by atoms with Gasteiger partial charge in [0.25, 0.3) is 0 Å². The summed E-state index contributed by atoms with van der Waals surface area (Å²) in [5.41, 5.74) is 22.0. The van der Waals surface area contributed by atoms with Gasteiger partial charge in [0, 0.05) is 32.9 Å². The topological polar surface area (TPSA) is 9.86 Å². The lowest BCUT2D eigenvalue weighted by molar-refractivity contribution is 1.18. The maximum absolute atomic E-state index is 2.49. The predicted molar refractivity (Wildman–Crippen MR) is 279 cm³/mol. The van der Waals surface area contributed by atoms with Gasteiger partial charge < -0.3 is 9.13 Å². The second kappa shape index (κ2) is 14.4. The van der Waals surface area contributed by atoms with Crippen LogP contribution in [-0.4, -0.2) is 9.13 Å². The first-order chi connectivity index (χ1) is 32.7. The van der Waals surface area contributed by atoms with Gasteiger partial charge in [-0.15, -0.1) is 0 Å². The van der Waals surface area contributed by atoms with Crippen molar-refractivity contribution in [3.8, 4) is 78.1 Å². The van der Waals surface area contributed by atoms with Crippen molar-refractivity contribution >= 4 is 54.4 Å². The van der Waals surface area contributed by atoms with E-state index in [-0.39, 0.29) is 0 Å². The van der Waals surface area contributed by atoms with E-state index in [1.165, 1.54) is 121 Å². The molecule has 14 rings (SSSR count). The van der Waals surface area contributed by atoms with Gasteiger partial charge >= 0.3 is 0 Å². The van der Waals surface area contributed by atoms with Crippen LogP contribution in [0.15, 0.2) is 243 Å². The molecule has 66 heavy (non-hydrogen) atoms. The highest BCUT2D eigenvalue weighted by Crippen LogP contribution is 2.51. The zero-order chi connectivity index (χ0) is 43.3. The molecule has 0 fully saturated rings. The van der Waals surface area contributed by atoms with Gasteiger partial charge in [-0.2, -0.15) is 0 Å². The summed E-state index contributed by atoms with van der Waals surface area (Å²) < 4.78 is 4.92. The van der Waals surface area contributed by atoms with Crippen molar-refractivity contribution in [1.29, 1.82) is 0 Å². The predicted octanol–water partition coefficient (Wildman–Crippen LogP) is 17.3. The molecule has 13 aromatic rings. The van der Waals surface area contributed by atoms with Gasteiger partial charge in [-0.25, -0.2) is 0 Å². The van der Waals surface area contributed by atoms with Gasteiger partial charge in [0.05, 0.1) is 22.1 Å². The number of fused-ring (bicyclic) bond motifs is 10. The van der Waals surface area contributed by atoms with Crippen LogP contribution >= 0.6 is 0 Å². The normalized spacial score (nSPS) is 11.9. The first-order valence-electron chi connectivity index (χ1n) is 22.8. The minimum Gasteiger partial charge on any atom is -0.309 e. The number of hydrogen-bond donors (Lipinski definition) is 0. The zero-order valence-corrected chi connectivity index (χ0v) is 36.0. The molecular weight excluding hydrogens is 797 g/mol. The van der Waals surface area contributed by atoms with Crippen molar-refractivity contribution in [2.45, 2.75) is 0 Å². The molecule has 2 heteroatoms. The summed E-state index contributed by atoms with van der Waals surface area (Å²) in [6.07, 6.45) is 0. The van der Waals surface area contributed by atoms with Crippen LogP contribution in [0.1, 0.15) is 0 Å². The quantitative estimate of drug-likeness (QED) is 0.158. The molecular formula is C64H40N2. The average Bonchev–Trinajstić information content (AvgIpc) is 4.03. The molecule has 0 saturated carbocycles. The molecule has 1 aliphatic rings. The lowest BCUT2D eigenvalue weighted by Gasteiger charge is -2.12. The fourth-order valence-electron chi connectivity index (χ4n) is 11.1. The van der Waals surface area contributed by atoms with Gasteiger partial charge in [0.2, 0.25) is 0 Å². The Bertz CT molecular complexity index is 4090. The van der Waals surface area contributed by atoms with E-state index in [2.05, 4.69) is 252 Å². The summed E-state index contributed by atoms with van der Waals surface area (Å²) in [5.74, 6) is 0. The molecule has 0 bridgehead atoms. The Labute approximate surface area is 382 Å². The van der Waals surface area contributed by atoms with E-state index < -0.39 is 0 Å². The van der Waals surface area contributed by atoms with Crippen LogP contribution in [0.4, 0.5) is 0 Å². The first kappa shape index (κ1) is 36.7. The summed E-state index contributed by atoms with van der Waals surface area (Å²) in [7, 11) is 0. The van der Waals surface area contributed by atoms with Gasteiger partial charge in [0.15, 0.2) is 0 Å². The number of benzene rings is 11. The van der Waals surface area contributed by atoms with Crippen LogP contribution in [0, 0.1) is 0 Å². The van der Waals surface area contributed by atoms with Crippen molar-refractivity contribution in [2.24, 2.45) is 0 Å². The first-order valence-corrected chi connectivity index (χ1v) is 22.8. The van der Waals surface area contributed by atoms with E-state index in [0.29, 0.717) is 0 Å². The monoisotopic (exact) mass is 836 g/mol. The molecule has 2 nitrogen and oxygen atoms in total. The molecule has 0 atom stereocenters. The number of nitrogens with zero attached hydrogens (tertiary/aromatic N) is 2. The van der Waals surface area contributed by atoms with Crippen molar-refractivity contribution in [1.82, 2.24) is 9.13 Å². The smallest absolute Gasteiger partial charge is 0.0553 e. The summed E-state index contributed by atoms with van der Waals surface area (Å²) >= 11 is 0. The lowest BCUT2D eigenvalue weighted by Crippen LogP contribution is -1.95. The molecule has 0 amide bonds. The maximum Gasteiger partial charge on any atom is 0.0553 e. The molecule has 0 aliphatic heterocycles. The minimum atomic E-state index is 1.15. The molecule has 1 aliphatic carbocycles. The van der Waals surface area contributed by atoms with Crippen molar-refractivity contribution in [2.75, 3.05) is 0 Å². The van der Waals surface area contributed by atoms with E-state index >= 15 is 0 Å². The molecule has 306 valence electrons. The van der Waals surface area contributed by atoms with E-state index in [9.17, 15) is 0 Å². The number of rotatable bonds is 6. The van der Waals surface area contributed by atoms with Crippen LogP contribution in [0.3, 0.4) is 0 Å². The Morgan fingerprint density at radius 3 is 1.33 bits per heavy atom. The number of para-hydroxylation sites is 1. The highest BCUT2D eigenvalue weighted by Gasteiger charge is 2.26. The van der Waals surface area contributed by atoms with Crippen molar-refractivity contribution < 1.29 is 0 Å². The fourth-order valence-corrected chi connectivity index (χ4v) is 11.1. The van der Waals surface area contributed by atoms with Crippen molar-refractivity contribution in [3.05, 3.63) is 243 Å². The van der Waals surface area contributed by atoms with Crippen LogP contribution in [-0.2, 0) is 0 Å². The molecule has 0 spiro atoms. The fraction of sp³-hybridized carbons (Fsp3) is 0. The third kappa shape index (κ3) is 5.55. The second-order valence-corrected chi connectivity index (χ2v) is 17.7. The van der Waals surface area contributed by atoms with Crippen LogP contribution < -0.4 is 0 Å². The summed E-state index contributed by atoms with van der Waals surface area (Å²) in [6.45, 7) is 0. The molecule has 0 radical (unpaired) electrons. The summed E-state index contributed by atoms with van der Waals surface area (Å²) in [6, 6.07) is 89.4. The van der Waals surface area contributed by atoms with Crippen LogP contribution in [0.2, 0.25) is 0 Å². The highest BCUT2D eigenvalue weighted by atomic mass is 15.0. The molecule has 0 unspecified atom stereocenters. The lowest BCUT2D eigenvalue weighted by atomic mass is 9.96. The van der Waals surface area contributed by atoms with Crippen LogP contribution in [0.25, 0.3) is 133 Å². The van der Waals surface area contributed by atoms with E-state index in [1.54, 1.807) is 0 Å². The molecule has 11 aromatic carbocycles. The van der Waals surface area contributed by atoms with E-state index in [1.807, 2.05) is 0 Å². The van der Waals surface area contributed by atoms with Crippen LogP contribution in [0.5, 0.6) is 0 Å².